The topological polar surface area (TPSA) is 49.8 Å². The molecule has 0 saturated carbocycles. The number of fused-ring (bicyclic) bond motifs is 3. The van der Waals surface area contributed by atoms with Gasteiger partial charge >= 0.3 is 6.09 Å². The van der Waals surface area contributed by atoms with E-state index in [1.165, 1.54) is 22.3 Å². The summed E-state index contributed by atoms with van der Waals surface area (Å²) in [6.45, 7) is 4.59. The first-order chi connectivity index (χ1) is 15.1. The second-order valence-corrected chi connectivity index (χ2v) is 8.41. The maximum atomic E-state index is 13.2. The molecular weight excluding hydrogens is 386 g/mol. The summed E-state index contributed by atoms with van der Waals surface area (Å²) in [7, 11) is 0. The third-order valence-corrected chi connectivity index (χ3v) is 6.12. The Hall–Kier alpha value is -3.11. The van der Waals surface area contributed by atoms with E-state index >= 15 is 0 Å². The lowest BCUT2D eigenvalue weighted by atomic mass is 9.98. The Morgan fingerprint density at radius 3 is 2.00 bits per heavy atom. The Morgan fingerprint density at radius 2 is 1.45 bits per heavy atom. The van der Waals surface area contributed by atoms with Gasteiger partial charge in [0.15, 0.2) is 0 Å². The van der Waals surface area contributed by atoms with E-state index in [0.29, 0.717) is 6.54 Å². The fraction of sp³-hybridized carbons (Fsp3) is 0.296. The summed E-state index contributed by atoms with van der Waals surface area (Å²) in [6.07, 6.45) is -0.390. The molecule has 0 heterocycles. The van der Waals surface area contributed by atoms with Gasteiger partial charge in [-0.25, -0.2) is 4.79 Å². The quantitative estimate of drug-likeness (QED) is 0.558. The van der Waals surface area contributed by atoms with Crippen molar-refractivity contribution >= 4 is 6.09 Å². The molecule has 3 aromatic carbocycles. The molecule has 1 amide bonds. The molecule has 4 rings (SSSR count). The van der Waals surface area contributed by atoms with Gasteiger partial charge in [0.2, 0.25) is 0 Å². The fourth-order valence-corrected chi connectivity index (χ4v) is 4.44. The van der Waals surface area contributed by atoms with Crippen molar-refractivity contribution in [2.24, 2.45) is 5.92 Å². The lowest BCUT2D eigenvalue weighted by Gasteiger charge is -2.33. The van der Waals surface area contributed by atoms with Crippen LogP contribution in [0.5, 0.6) is 0 Å². The standard InChI is InChI=1S/C27H29NO3/c1-19(2)26(17-29)28(16-20-10-4-3-5-11-20)27(30)31-18-25-23-14-8-6-12-21(23)22-13-7-9-15-24(22)25/h3-15,19,25-26,29H,16-18H2,1-2H3. The van der Waals surface area contributed by atoms with Gasteiger partial charge in [-0.1, -0.05) is 92.7 Å². The summed E-state index contributed by atoms with van der Waals surface area (Å²) >= 11 is 0. The second kappa shape index (κ2) is 9.36. The van der Waals surface area contributed by atoms with Gasteiger partial charge < -0.3 is 9.84 Å². The smallest absolute Gasteiger partial charge is 0.410 e. The maximum absolute atomic E-state index is 13.2. The number of carbonyl (C=O) groups excluding carboxylic acids is 1. The van der Waals surface area contributed by atoms with Crippen molar-refractivity contribution in [3.63, 3.8) is 0 Å². The molecule has 3 aromatic rings. The zero-order chi connectivity index (χ0) is 21.8. The molecular formula is C27H29NO3. The molecule has 31 heavy (non-hydrogen) atoms. The minimum atomic E-state index is -0.390. The number of carbonyl (C=O) groups is 1. The van der Waals surface area contributed by atoms with Gasteiger partial charge in [0.05, 0.1) is 12.6 Å². The van der Waals surface area contributed by atoms with Crippen LogP contribution in [0, 0.1) is 5.92 Å². The van der Waals surface area contributed by atoms with Crippen LogP contribution in [0.25, 0.3) is 11.1 Å². The lowest BCUT2D eigenvalue weighted by molar-refractivity contribution is 0.0494. The Morgan fingerprint density at radius 1 is 0.903 bits per heavy atom. The van der Waals surface area contributed by atoms with Crippen LogP contribution in [-0.4, -0.2) is 35.4 Å². The van der Waals surface area contributed by atoms with Crippen molar-refractivity contribution in [1.29, 1.82) is 0 Å². The summed E-state index contributed by atoms with van der Waals surface area (Å²) in [5.41, 5.74) is 5.80. The van der Waals surface area contributed by atoms with Crippen LogP contribution in [0.4, 0.5) is 4.79 Å². The zero-order valence-electron chi connectivity index (χ0n) is 18.1. The highest BCUT2D eigenvalue weighted by atomic mass is 16.6. The average molecular weight is 416 g/mol. The van der Waals surface area contributed by atoms with Crippen molar-refractivity contribution in [1.82, 2.24) is 4.90 Å². The van der Waals surface area contributed by atoms with Gasteiger partial charge in [-0.2, -0.15) is 0 Å². The van der Waals surface area contributed by atoms with Gasteiger partial charge in [-0.15, -0.1) is 0 Å². The predicted molar refractivity (Wildman–Crippen MR) is 123 cm³/mol. The monoisotopic (exact) mass is 415 g/mol. The Labute approximate surface area is 184 Å². The molecule has 0 saturated heterocycles. The zero-order valence-corrected chi connectivity index (χ0v) is 18.1. The third kappa shape index (κ3) is 4.35. The van der Waals surface area contributed by atoms with Crippen LogP contribution in [0.2, 0.25) is 0 Å². The molecule has 0 fully saturated rings. The highest BCUT2D eigenvalue weighted by molar-refractivity contribution is 5.79. The van der Waals surface area contributed by atoms with Crippen LogP contribution >= 0.6 is 0 Å². The number of benzene rings is 3. The molecule has 0 spiro atoms. The first-order valence-electron chi connectivity index (χ1n) is 10.9. The van der Waals surface area contributed by atoms with E-state index < -0.39 is 6.09 Å². The number of hydrogen-bond acceptors (Lipinski definition) is 3. The van der Waals surface area contributed by atoms with E-state index in [9.17, 15) is 9.90 Å². The van der Waals surface area contributed by atoms with Crippen molar-refractivity contribution in [3.8, 4) is 11.1 Å². The first kappa shape index (κ1) is 21.1. The van der Waals surface area contributed by atoms with Crippen LogP contribution in [0.3, 0.4) is 0 Å². The summed E-state index contributed by atoms with van der Waals surface area (Å²) in [5.74, 6) is 0.121. The largest absolute Gasteiger partial charge is 0.448 e. The molecule has 160 valence electrons. The normalized spacial score (nSPS) is 13.5. The number of amides is 1. The SMILES string of the molecule is CC(C)C(CO)N(Cc1ccccc1)C(=O)OCC1c2ccccc2-c2ccccc21. The van der Waals surface area contributed by atoms with E-state index in [-0.39, 0.29) is 31.1 Å². The highest BCUT2D eigenvalue weighted by Crippen LogP contribution is 2.44. The number of hydrogen-bond donors (Lipinski definition) is 1. The molecule has 0 radical (unpaired) electrons. The van der Waals surface area contributed by atoms with Gasteiger partial charge in [0.1, 0.15) is 6.61 Å². The maximum Gasteiger partial charge on any atom is 0.410 e. The Kier molecular flexibility index (Phi) is 6.38. The van der Waals surface area contributed by atoms with Crippen molar-refractivity contribution < 1.29 is 14.6 Å². The van der Waals surface area contributed by atoms with E-state index in [2.05, 4.69) is 24.3 Å². The summed E-state index contributed by atoms with van der Waals surface area (Å²) in [6, 6.07) is 26.1. The number of nitrogens with zero attached hydrogens (tertiary/aromatic N) is 1. The molecule has 1 atom stereocenters. The van der Waals surface area contributed by atoms with Crippen LogP contribution in [0.1, 0.15) is 36.5 Å². The van der Waals surface area contributed by atoms with Crippen LogP contribution in [0.15, 0.2) is 78.9 Å². The van der Waals surface area contributed by atoms with Gasteiger partial charge in [-0.3, -0.25) is 4.90 Å². The molecule has 1 N–H and O–H groups in total. The van der Waals surface area contributed by atoms with Crippen molar-refractivity contribution in [2.75, 3.05) is 13.2 Å². The average Bonchev–Trinajstić information content (AvgIpc) is 3.11. The second-order valence-electron chi connectivity index (χ2n) is 8.41. The number of ether oxygens (including phenoxy) is 1. The molecule has 0 aromatic heterocycles. The minimum Gasteiger partial charge on any atom is -0.448 e. The van der Waals surface area contributed by atoms with Crippen LogP contribution in [-0.2, 0) is 11.3 Å². The molecule has 0 bridgehead atoms. The van der Waals surface area contributed by atoms with Crippen molar-refractivity contribution in [2.45, 2.75) is 32.4 Å². The molecule has 0 aliphatic heterocycles. The number of rotatable bonds is 7. The highest BCUT2D eigenvalue weighted by Gasteiger charge is 2.31. The molecule has 4 heteroatoms. The lowest BCUT2D eigenvalue weighted by Crippen LogP contribution is -2.45. The van der Waals surface area contributed by atoms with E-state index in [1.54, 1.807) is 4.90 Å². The molecule has 1 aliphatic rings. The summed E-state index contributed by atoms with van der Waals surface area (Å²) in [5, 5.41) is 9.98. The van der Waals surface area contributed by atoms with Gasteiger partial charge in [-0.05, 0) is 33.7 Å². The molecule has 1 unspecified atom stereocenters. The minimum absolute atomic E-state index is 0.0153. The Bertz CT molecular complexity index is 986. The van der Waals surface area contributed by atoms with E-state index in [1.807, 2.05) is 68.4 Å². The number of aliphatic hydroxyl groups is 1. The third-order valence-electron chi connectivity index (χ3n) is 6.12. The fourth-order valence-electron chi connectivity index (χ4n) is 4.44. The van der Waals surface area contributed by atoms with Crippen molar-refractivity contribution in [3.05, 3.63) is 95.6 Å². The molecule has 4 nitrogen and oxygen atoms in total. The van der Waals surface area contributed by atoms with Gasteiger partial charge in [0.25, 0.3) is 0 Å². The van der Waals surface area contributed by atoms with Gasteiger partial charge in [0, 0.05) is 12.5 Å². The Balaban J connectivity index is 1.55. The summed E-state index contributed by atoms with van der Waals surface area (Å²) < 4.78 is 5.88. The van der Waals surface area contributed by atoms with E-state index in [0.717, 1.165) is 5.56 Å². The van der Waals surface area contributed by atoms with E-state index in [4.69, 9.17) is 4.74 Å². The first-order valence-corrected chi connectivity index (χ1v) is 10.9. The van der Waals surface area contributed by atoms with Crippen LogP contribution < -0.4 is 0 Å². The molecule has 1 aliphatic carbocycles. The summed E-state index contributed by atoms with van der Waals surface area (Å²) in [4.78, 5) is 14.9. The number of aliphatic hydroxyl groups excluding tert-OH is 1. The predicted octanol–water partition coefficient (Wildman–Crippen LogP) is 5.45.